The van der Waals surface area contributed by atoms with Gasteiger partial charge in [0.15, 0.2) is 8.32 Å². The molecule has 0 bridgehead atoms. The first kappa shape index (κ1) is 72.3. The summed E-state index contributed by atoms with van der Waals surface area (Å²) in [6.07, 6.45) is -0.0938. The van der Waals surface area contributed by atoms with E-state index in [1.807, 2.05) is 54.6 Å². The van der Waals surface area contributed by atoms with E-state index in [1.165, 1.54) is 10.4 Å². The Morgan fingerprint density at radius 1 is 0.581 bits per heavy atom. The highest BCUT2D eigenvalue weighted by atomic mass is 32.2. The van der Waals surface area contributed by atoms with Crippen LogP contribution < -0.4 is 10.4 Å². The van der Waals surface area contributed by atoms with Crippen LogP contribution in [0.1, 0.15) is 124 Å². The van der Waals surface area contributed by atoms with Crippen molar-refractivity contribution in [2.75, 3.05) is 19.5 Å². The molecule has 2 aliphatic heterocycles. The van der Waals surface area contributed by atoms with E-state index in [1.54, 1.807) is 6.26 Å². The molecule has 3 unspecified atom stereocenters. The molecule has 15 atom stereocenters. The van der Waals surface area contributed by atoms with Crippen LogP contribution in [0.2, 0.25) is 23.2 Å². The van der Waals surface area contributed by atoms with Crippen LogP contribution in [0.3, 0.4) is 0 Å². The quantitative estimate of drug-likeness (QED) is 0.0359. The molecule has 9 rings (SSSR count). The van der Waals surface area contributed by atoms with Gasteiger partial charge < -0.3 is 42.4 Å². The Kier molecular flexibility index (Phi) is 25.9. The normalized spacial score (nSPS) is 24.3. The van der Waals surface area contributed by atoms with Gasteiger partial charge in [-0.2, -0.15) is 0 Å². The van der Waals surface area contributed by atoms with Gasteiger partial charge in [0.2, 0.25) is 0 Å². The van der Waals surface area contributed by atoms with Crippen LogP contribution >= 0.6 is 0 Å². The number of aliphatic hydroxyl groups is 1. The standard InChI is InChI=1S/C80H108O10SSi2/c1-57-48-70(85-55-64-45-46-65-38-29-30-39-66(65)50-64)72(88-73(56-83-52-61-32-19-14-20-33-61)71(49-57)84-53-62-34-21-15-22-35-62)51-74(91(11)82)75(81)60(4)76(86-54-63-36-23-16-24-37-63)78-77(90-92(12,13)79(5,6)7)59(3)58(2)69(89-78)44-31-47-87-93(80(8,9)10,67-40-25-17-26-41-67)68-42-27-18-28-43-68/h14-30,32-43,45-46,50,57-60,69-78,81H,31,44,47-49,51-56H2,1-13H3/t57-,58-,59-,60+,69+,70-,71+,72+,73-,74?,75?,76-,77+,78-,91?/m0/s1. The molecule has 2 heterocycles. The smallest absolute Gasteiger partial charge is 0.261 e. The van der Waals surface area contributed by atoms with Crippen molar-refractivity contribution >= 4 is 48.6 Å². The van der Waals surface area contributed by atoms with E-state index in [4.69, 9.17) is 37.3 Å². The third-order valence-electron chi connectivity index (χ3n) is 20.6. The maximum atomic E-state index is 15.0. The van der Waals surface area contributed by atoms with Gasteiger partial charge in [-0.1, -0.05) is 257 Å². The Morgan fingerprint density at radius 2 is 1.09 bits per heavy atom. The van der Waals surface area contributed by atoms with Crippen molar-refractivity contribution in [2.24, 2.45) is 23.7 Å². The van der Waals surface area contributed by atoms with Crippen molar-refractivity contribution in [3.63, 3.8) is 0 Å². The van der Waals surface area contributed by atoms with Crippen LogP contribution in [-0.2, 0) is 74.5 Å². The van der Waals surface area contributed by atoms with Crippen LogP contribution in [0.25, 0.3) is 10.8 Å². The zero-order valence-electron chi connectivity index (χ0n) is 57.9. The zero-order valence-corrected chi connectivity index (χ0v) is 60.7. The lowest BCUT2D eigenvalue weighted by molar-refractivity contribution is -0.224. The van der Waals surface area contributed by atoms with Gasteiger partial charge in [-0.05, 0) is 122 Å². The van der Waals surface area contributed by atoms with Crippen LogP contribution in [0.15, 0.2) is 194 Å². The Labute approximate surface area is 562 Å². The van der Waals surface area contributed by atoms with Gasteiger partial charge in [0.25, 0.3) is 8.32 Å². The van der Waals surface area contributed by atoms with Gasteiger partial charge in [0.05, 0.1) is 81.0 Å². The minimum Gasteiger partial charge on any atom is -0.411 e. The number of hydrogen-bond donors (Lipinski definition) is 1. The number of rotatable bonds is 29. The minimum atomic E-state index is -2.81. The molecule has 0 aliphatic carbocycles. The number of aliphatic hydroxyl groups excluding tert-OH is 1. The number of fused-ring (bicyclic) bond motifs is 1. The van der Waals surface area contributed by atoms with Crippen LogP contribution in [0, 0.1) is 23.7 Å². The lowest BCUT2D eigenvalue weighted by atomic mass is 9.76. The molecule has 0 radical (unpaired) electrons. The monoisotopic (exact) mass is 1320 g/mol. The minimum absolute atomic E-state index is 0.0488. The van der Waals surface area contributed by atoms with Gasteiger partial charge in [-0.3, -0.25) is 4.21 Å². The molecule has 7 aromatic rings. The van der Waals surface area contributed by atoms with E-state index in [0.29, 0.717) is 39.3 Å². The zero-order chi connectivity index (χ0) is 66.3. The van der Waals surface area contributed by atoms with Crippen molar-refractivity contribution in [1.29, 1.82) is 0 Å². The summed E-state index contributed by atoms with van der Waals surface area (Å²) in [5.41, 5.74) is 4.18. The van der Waals surface area contributed by atoms with E-state index in [0.717, 1.165) is 45.9 Å². The second-order valence-electron chi connectivity index (χ2n) is 29.4. The van der Waals surface area contributed by atoms with E-state index in [-0.39, 0.29) is 65.8 Å². The molecule has 0 saturated carbocycles. The summed E-state index contributed by atoms with van der Waals surface area (Å²) >= 11 is 0. The van der Waals surface area contributed by atoms with Crippen molar-refractivity contribution < 1.29 is 46.6 Å². The molecule has 7 aromatic carbocycles. The van der Waals surface area contributed by atoms with E-state index in [2.05, 4.69) is 222 Å². The molecule has 93 heavy (non-hydrogen) atoms. The van der Waals surface area contributed by atoms with Gasteiger partial charge >= 0.3 is 0 Å². The first-order chi connectivity index (χ1) is 44.5. The van der Waals surface area contributed by atoms with Crippen molar-refractivity contribution in [3.8, 4) is 0 Å². The molecule has 1 N–H and O–H groups in total. The molecule has 10 nitrogen and oxygen atoms in total. The second kappa shape index (κ2) is 33.3. The predicted molar refractivity (Wildman–Crippen MR) is 385 cm³/mol. The molecule has 502 valence electrons. The third kappa shape index (κ3) is 18.8. The largest absolute Gasteiger partial charge is 0.411 e. The van der Waals surface area contributed by atoms with Crippen LogP contribution in [0.5, 0.6) is 0 Å². The Bertz CT molecular complexity index is 3310. The summed E-state index contributed by atoms with van der Waals surface area (Å²) < 4.78 is 73.4. The van der Waals surface area contributed by atoms with E-state index >= 15 is 0 Å². The maximum absolute atomic E-state index is 15.0. The number of ether oxygens (including phenoxy) is 6. The lowest BCUT2D eigenvalue weighted by Crippen LogP contribution is -2.66. The SMILES string of the molecule is C[C@H]1C[C@H](OCc2ccc3ccccc3c2)[C@@H](CC(C(O)[C@@H](C)[C@H](OCc2ccccc2)[C@@H]2O[C@H](CCCO[Si](c3ccccc3)(c3ccccc3)C(C)(C)C)[C@@H](C)[C@H](C)[C@H]2O[Si](C)(C)C(C)(C)C)S(C)=O)O[C@@H](COCc2ccccc2)[C@H](OCc2ccccc2)C1. The summed E-state index contributed by atoms with van der Waals surface area (Å²) in [4.78, 5) is 0. The lowest BCUT2D eigenvalue weighted by Gasteiger charge is -2.52. The van der Waals surface area contributed by atoms with Crippen molar-refractivity contribution in [2.45, 2.75) is 211 Å². The van der Waals surface area contributed by atoms with E-state index < -0.39 is 75.2 Å². The highest BCUT2D eigenvalue weighted by Crippen LogP contribution is 2.45. The highest BCUT2D eigenvalue weighted by molar-refractivity contribution is 7.85. The molecule has 0 aromatic heterocycles. The molecule has 2 saturated heterocycles. The summed E-state index contributed by atoms with van der Waals surface area (Å²) in [7, 11) is -6.85. The third-order valence-corrected chi connectivity index (χ3v) is 31.4. The van der Waals surface area contributed by atoms with Gasteiger partial charge in [0, 0.05) is 29.6 Å². The molecule has 0 amide bonds. The number of hydrogen-bond acceptors (Lipinski definition) is 10. The average Bonchev–Trinajstić information content (AvgIpc) is 0.766. The molecule has 2 aliphatic rings. The van der Waals surface area contributed by atoms with E-state index in [9.17, 15) is 9.32 Å². The summed E-state index contributed by atoms with van der Waals surface area (Å²) in [5, 5.41) is 17.3. The fraction of sp³-hybridized carbons (Fsp3) is 0.500. The summed E-state index contributed by atoms with van der Waals surface area (Å²) in [6.45, 7) is 29.7. The molecule has 0 spiro atoms. The first-order valence-corrected chi connectivity index (χ1v) is 40.7. The molecule has 13 heteroatoms. The second-order valence-corrected chi connectivity index (χ2v) is 40.1. The topological polar surface area (TPSA) is 111 Å². The summed E-state index contributed by atoms with van der Waals surface area (Å²) in [5.74, 6) is -0.297. The Balaban J connectivity index is 1.05. The van der Waals surface area contributed by atoms with Crippen molar-refractivity contribution in [1.82, 2.24) is 0 Å². The average molecular weight is 1320 g/mol. The van der Waals surface area contributed by atoms with Crippen LogP contribution in [0.4, 0.5) is 0 Å². The fourth-order valence-electron chi connectivity index (χ4n) is 13.9. The first-order valence-electron chi connectivity index (χ1n) is 34.3. The Hall–Kier alpha value is -4.98. The molecular weight excluding hydrogens is 1210 g/mol. The summed E-state index contributed by atoms with van der Waals surface area (Å²) in [6, 6.07) is 67.3. The molecule has 2 fully saturated rings. The Morgan fingerprint density at radius 3 is 1.63 bits per heavy atom. The van der Waals surface area contributed by atoms with Gasteiger partial charge in [-0.15, -0.1) is 0 Å². The van der Waals surface area contributed by atoms with Gasteiger partial charge in [-0.25, -0.2) is 0 Å². The highest BCUT2D eigenvalue weighted by Gasteiger charge is 2.54. The maximum Gasteiger partial charge on any atom is 0.261 e. The van der Waals surface area contributed by atoms with Crippen LogP contribution in [-0.4, -0.2) is 106 Å². The fourth-order valence-corrected chi connectivity index (χ4v) is 21.0. The number of benzene rings is 7. The van der Waals surface area contributed by atoms with Crippen molar-refractivity contribution in [3.05, 3.63) is 216 Å². The predicted octanol–water partition coefficient (Wildman–Crippen LogP) is 16.2. The van der Waals surface area contributed by atoms with Gasteiger partial charge in [0.1, 0.15) is 12.2 Å². The molecular formula is C80H108O10SSi2.